The van der Waals surface area contributed by atoms with E-state index in [0.29, 0.717) is 19.1 Å². The van der Waals surface area contributed by atoms with Crippen LogP contribution in [0.25, 0.3) is 0 Å². The van der Waals surface area contributed by atoms with E-state index in [1.165, 1.54) is 0 Å². The molecule has 6 nitrogen and oxygen atoms in total. The van der Waals surface area contributed by atoms with Crippen molar-refractivity contribution in [1.82, 2.24) is 15.1 Å². The van der Waals surface area contributed by atoms with Gasteiger partial charge in [0, 0.05) is 31.8 Å². The topological polar surface area (TPSA) is 72.4 Å². The van der Waals surface area contributed by atoms with E-state index >= 15 is 0 Å². The smallest absolute Gasteiger partial charge is 0.306 e. The maximum Gasteiger partial charge on any atom is 0.306 e. The second-order valence-electron chi connectivity index (χ2n) is 6.62. The molecule has 24 heavy (non-hydrogen) atoms. The summed E-state index contributed by atoms with van der Waals surface area (Å²) in [7, 11) is 0. The molecule has 2 rings (SSSR count). The molecule has 1 saturated heterocycles. The van der Waals surface area contributed by atoms with Gasteiger partial charge in [0.2, 0.25) is 5.91 Å². The van der Waals surface area contributed by atoms with Gasteiger partial charge in [-0.3, -0.25) is 9.59 Å². The highest BCUT2D eigenvalue weighted by molar-refractivity contribution is 7.11. The Kier molecular flexibility index (Phi) is 7.15. The zero-order valence-corrected chi connectivity index (χ0v) is 15.6. The van der Waals surface area contributed by atoms with Gasteiger partial charge in [-0.05, 0) is 25.7 Å². The highest BCUT2D eigenvalue weighted by Crippen LogP contribution is 2.30. The number of hydrogen-bond donors (Lipinski definition) is 0. The predicted molar refractivity (Wildman–Crippen MR) is 92.9 cm³/mol. The van der Waals surface area contributed by atoms with Crippen LogP contribution in [0.15, 0.2) is 0 Å². The molecule has 1 unspecified atom stereocenters. The number of ether oxygens (including phenoxy) is 1. The normalized spacial score (nSPS) is 18.0. The van der Waals surface area contributed by atoms with E-state index in [1.54, 1.807) is 18.3 Å². The van der Waals surface area contributed by atoms with E-state index in [1.807, 2.05) is 4.90 Å². The average molecular weight is 353 g/mol. The van der Waals surface area contributed by atoms with Crippen molar-refractivity contribution in [2.75, 3.05) is 19.7 Å². The zero-order chi connectivity index (χ0) is 17.5. The number of nitrogens with zero attached hydrogens (tertiary/aromatic N) is 3. The average Bonchev–Trinajstić information content (AvgIpc) is 3.01. The van der Waals surface area contributed by atoms with Gasteiger partial charge in [-0.15, -0.1) is 21.5 Å². The van der Waals surface area contributed by atoms with Crippen LogP contribution >= 0.6 is 11.3 Å². The molecule has 1 aliphatic rings. The summed E-state index contributed by atoms with van der Waals surface area (Å²) in [4.78, 5) is 25.6. The molecular weight excluding hydrogens is 326 g/mol. The summed E-state index contributed by atoms with van der Waals surface area (Å²) in [6, 6.07) is 0. The second kappa shape index (κ2) is 9.11. The number of piperidine rings is 1. The number of carbonyl (C=O) groups excluding carboxylic acids is 2. The fraction of sp³-hybridized carbons (Fsp3) is 0.765. The van der Waals surface area contributed by atoms with Gasteiger partial charge in [0.1, 0.15) is 10.0 Å². The molecule has 1 aliphatic heterocycles. The number of carbonyl (C=O) groups is 2. The maximum absolute atomic E-state index is 12.3. The molecule has 0 bridgehead atoms. The van der Waals surface area contributed by atoms with Gasteiger partial charge in [-0.2, -0.15) is 0 Å². The second-order valence-corrected chi connectivity index (χ2v) is 7.71. The van der Waals surface area contributed by atoms with E-state index in [-0.39, 0.29) is 30.6 Å². The third-order valence-corrected chi connectivity index (χ3v) is 5.15. The van der Waals surface area contributed by atoms with Gasteiger partial charge < -0.3 is 9.64 Å². The van der Waals surface area contributed by atoms with Gasteiger partial charge in [-0.1, -0.05) is 13.8 Å². The highest BCUT2D eigenvalue weighted by Gasteiger charge is 2.27. The Balaban J connectivity index is 1.87. The highest BCUT2D eigenvalue weighted by atomic mass is 32.1. The molecule has 1 aromatic rings. The maximum atomic E-state index is 12.3. The lowest BCUT2D eigenvalue weighted by Crippen LogP contribution is -2.39. The SMILES string of the molecule is CCOC(=O)CCC(=O)N1CCCC(c2nnc(CC(C)C)s2)C1. The first-order valence-electron chi connectivity index (χ1n) is 8.75. The number of esters is 1. The quantitative estimate of drug-likeness (QED) is 0.705. The summed E-state index contributed by atoms with van der Waals surface area (Å²) in [5.74, 6) is 0.559. The molecule has 0 aromatic carbocycles. The molecular formula is C17H27N3O3S. The molecule has 0 spiro atoms. The Labute approximate surface area is 147 Å². The molecule has 134 valence electrons. The monoisotopic (exact) mass is 353 g/mol. The van der Waals surface area contributed by atoms with Crippen molar-refractivity contribution in [3.63, 3.8) is 0 Å². The van der Waals surface area contributed by atoms with Crippen LogP contribution < -0.4 is 0 Å². The van der Waals surface area contributed by atoms with Crippen molar-refractivity contribution in [1.29, 1.82) is 0 Å². The minimum Gasteiger partial charge on any atom is -0.466 e. The fourth-order valence-corrected chi connectivity index (χ4v) is 4.05. The van der Waals surface area contributed by atoms with Crippen molar-refractivity contribution in [3.05, 3.63) is 10.0 Å². The van der Waals surface area contributed by atoms with Gasteiger partial charge in [0.05, 0.1) is 13.0 Å². The summed E-state index contributed by atoms with van der Waals surface area (Å²) in [6.07, 6.45) is 3.34. The Bertz CT molecular complexity index is 559. The number of amides is 1. The Morgan fingerprint density at radius 2 is 2.12 bits per heavy atom. The Hall–Kier alpha value is -1.50. The molecule has 2 heterocycles. The summed E-state index contributed by atoms with van der Waals surface area (Å²) in [5, 5.41) is 10.7. The van der Waals surface area contributed by atoms with Crippen LogP contribution in [0.2, 0.25) is 0 Å². The molecule has 1 aromatic heterocycles. The third kappa shape index (κ3) is 5.54. The number of likely N-dealkylation sites (tertiary alicyclic amines) is 1. The summed E-state index contributed by atoms with van der Waals surface area (Å²) < 4.78 is 4.88. The lowest BCUT2D eigenvalue weighted by atomic mass is 9.98. The van der Waals surface area contributed by atoms with Crippen LogP contribution in [0.4, 0.5) is 0 Å². The van der Waals surface area contributed by atoms with Gasteiger partial charge in [0.25, 0.3) is 0 Å². The van der Waals surface area contributed by atoms with Crippen LogP contribution in [-0.4, -0.2) is 46.7 Å². The van der Waals surface area contributed by atoms with E-state index < -0.39 is 0 Å². The van der Waals surface area contributed by atoms with E-state index in [2.05, 4.69) is 24.0 Å². The van der Waals surface area contributed by atoms with Crippen molar-refractivity contribution in [3.8, 4) is 0 Å². The van der Waals surface area contributed by atoms with Crippen molar-refractivity contribution in [2.24, 2.45) is 5.92 Å². The number of hydrogen-bond acceptors (Lipinski definition) is 6. The van der Waals surface area contributed by atoms with E-state index in [9.17, 15) is 9.59 Å². The molecule has 1 atom stereocenters. The summed E-state index contributed by atoms with van der Waals surface area (Å²) in [5.41, 5.74) is 0. The third-order valence-electron chi connectivity index (χ3n) is 4.04. The summed E-state index contributed by atoms with van der Waals surface area (Å²) in [6.45, 7) is 7.91. The van der Waals surface area contributed by atoms with E-state index in [4.69, 9.17) is 4.74 Å². The fourth-order valence-electron chi connectivity index (χ4n) is 2.87. The van der Waals surface area contributed by atoms with Crippen LogP contribution in [0, 0.1) is 5.92 Å². The lowest BCUT2D eigenvalue weighted by molar-refractivity contribution is -0.145. The predicted octanol–water partition coefficient (Wildman–Crippen LogP) is 2.79. The van der Waals surface area contributed by atoms with Crippen LogP contribution in [0.3, 0.4) is 0 Å². The molecule has 1 fully saturated rings. The molecule has 0 radical (unpaired) electrons. The van der Waals surface area contributed by atoms with Crippen molar-refractivity contribution in [2.45, 2.75) is 58.8 Å². The Morgan fingerprint density at radius 3 is 2.83 bits per heavy atom. The first-order chi connectivity index (χ1) is 11.5. The molecule has 0 aliphatic carbocycles. The van der Waals surface area contributed by atoms with Crippen molar-refractivity contribution >= 4 is 23.2 Å². The molecule has 7 heteroatoms. The molecule has 0 N–H and O–H groups in total. The molecule has 1 amide bonds. The van der Waals surface area contributed by atoms with Crippen LogP contribution in [0.5, 0.6) is 0 Å². The van der Waals surface area contributed by atoms with Crippen molar-refractivity contribution < 1.29 is 14.3 Å². The standard InChI is InChI=1S/C17H27N3O3S/c1-4-23-16(22)8-7-15(21)20-9-5-6-13(11-20)17-19-18-14(24-17)10-12(2)3/h12-13H,4-11H2,1-3H3. The van der Waals surface area contributed by atoms with Gasteiger partial charge in [-0.25, -0.2) is 0 Å². The zero-order valence-electron chi connectivity index (χ0n) is 14.8. The first-order valence-corrected chi connectivity index (χ1v) is 9.56. The minimum atomic E-state index is -0.304. The van der Waals surface area contributed by atoms with Crippen LogP contribution in [0.1, 0.15) is 62.4 Å². The largest absolute Gasteiger partial charge is 0.466 e. The van der Waals surface area contributed by atoms with Gasteiger partial charge in [0.15, 0.2) is 0 Å². The van der Waals surface area contributed by atoms with Gasteiger partial charge >= 0.3 is 5.97 Å². The molecule has 0 saturated carbocycles. The van der Waals surface area contributed by atoms with Crippen LogP contribution in [-0.2, 0) is 20.7 Å². The number of rotatable bonds is 7. The first kappa shape index (κ1) is 18.8. The lowest BCUT2D eigenvalue weighted by Gasteiger charge is -2.31. The number of aromatic nitrogens is 2. The minimum absolute atomic E-state index is 0.0275. The summed E-state index contributed by atoms with van der Waals surface area (Å²) >= 11 is 1.67. The Morgan fingerprint density at radius 1 is 1.33 bits per heavy atom. The van der Waals surface area contributed by atoms with E-state index in [0.717, 1.165) is 35.8 Å².